The first-order chi connectivity index (χ1) is 14.3. The highest BCUT2D eigenvalue weighted by atomic mass is 35.5. The second-order valence-corrected chi connectivity index (χ2v) is 10.2. The third-order valence-electron chi connectivity index (χ3n) is 5.38. The molecule has 0 N–H and O–H groups in total. The lowest BCUT2D eigenvalue weighted by atomic mass is 10.1. The Morgan fingerprint density at radius 2 is 1.93 bits per heavy atom. The zero-order chi connectivity index (χ0) is 21.3. The number of rotatable bonds is 5. The number of amides is 1. The maximum absolute atomic E-state index is 13.4. The Morgan fingerprint density at radius 1 is 1.13 bits per heavy atom. The van der Waals surface area contributed by atoms with Gasteiger partial charge in [-0.1, -0.05) is 41.9 Å². The summed E-state index contributed by atoms with van der Waals surface area (Å²) in [6, 6.07) is 18.0. The Kier molecular flexibility index (Phi) is 5.71. The number of carbonyl (C=O) groups is 1. The normalized spacial score (nSPS) is 17.7. The minimum Gasteiger partial charge on any atom is -0.459 e. The molecule has 2 aromatic carbocycles. The second kappa shape index (κ2) is 8.28. The number of furan rings is 1. The molecular weight excluding hydrogens is 422 g/mol. The van der Waals surface area contributed by atoms with E-state index in [0.29, 0.717) is 28.5 Å². The number of nitrogens with zero attached hydrogens (tertiary/aromatic N) is 1. The molecule has 0 spiro atoms. The number of hydrogen-bond donors (Lipinski definition) is 0. The molecule has 0 saturated carbocycles. The Hall–Kier alpha value is -2.57. The predicted octanol–water partition coefficient (Wildman–Crippen LogP) is 4.74. The molecule has 7 heteroatoms. The topological polar surface area (TPSA) is 67.6 Å². The number of aryl methyl sites for hydroxylation is 1. The summed E-state index contributed by atoms with van der Waals surface area (Å²) in [6.45, 7) is 2.08. The number of hydrogen-bond acceptors (Lipinski definition) is 4. The molecule has 1 atom stereocenters. The van der Waals surface area contributed by atoms with E-state index in [0.717, 1.165) is 11.1 Å². The van der Waals surface area contributed by atoms with E-state index in [1.807, 2.05) is 55.5 Å². The minimum atomic E-state index is -3.14. The van der Waals surface area contributed by atoms with Crippen LogP contribution >= 0.6 is 11.6 Å². The molecule has 156 valence electrons. The molecular formula is C23H22ClNO4S. The highest BCUT2D eigenvalue weighted by molar-refractivity contribution is 7.91. The average molecular weight is 444 g/mol. The van der Waals surface area contributed by atoms with E-state index < -0.39 is 9.84 Å². The smallest absolute Gasteiger partial charge is 0.254 e. The van der Waals surface area contributed by atoms with Crippen LogP contribution in [0.4, 0.5) is 0 Å². The maximum atomic E-state index is 13.4. The van der Waals surface area contributed by atoms with Gasteiger partial charge in [-0.3, -0.25) is 4.79 Å². The lowest BCUT2D eigenvalue weighted by Crippen LogP contribution is -2.40. The van der Waals surface area contributed by atoms with E-state index in [2.05, 4.69) is 0 Å². The van der Waals surface area contributed by atoms with Gasteiger partial charge in [-0.25, -0.2) is 8.42 Å². The monoisotopic (exact) mass is 443 g/mol. The van der Waals surface area contributed by atoms with Crippen molar-refractivity contribution in [1.29, 1.82) is 0 Å². The van der Waals surface area contributed by atoms with Gasteiger partial charge in [0, 0.05) is 22.2 Å². The molecule has 2 heterocycles. The van der Waals surface area contributed by atoms with Gasteiger partial charge in [-0.15, -0.1) is 0 Å². The van der Waals surface area contributed by atoms with Crippen molar-refractivity contribution in [3.05, 3.63) is 82.6 Å². The van der Waals surface area contributed by atoms with Crippen LogP contribution in [-0.2, 0) is 16.4 Å². The quantitative estimate of drug-likeness (QED) is 0.571. The van der Waals surface area contributed by atoms with Crippen molar-refractivity contribution in [2.24, 2.45) is 0 Å². The molecule has 0 aliphatic carbocycles. The summed E-state index contributed by atoms with van der Waals surface area (Å²) in [4.78, 5) is 15.0. The molecule has 1 aliphatic heterocycles. The number of benzene rings is 2. The van der Waals surface area contributed by atoms with Crippen molar-refractivity contribution in [3.8, 4) is 11.3 Å². The summed E-state index contributed by atoms with van der Waals surface area (Å²) in [5, 5.41) is 0.609. The first kappa shape index (κ1) is 20.7. The van der Waals surface area contributed by atoms with Crippen molar-refractivity contribution >= 4 is 27.3 Å². The summed E-state index contributed by atoms with van der Waals surface area (Å²) >= 11 is 6.07. The van der Waals surface area contributed by atoms with Gasteiger partial charge in [0.15, 0.2) is 9.84 Å². The molecule has 0 radical (unpaired) electrons. The molecule has 1 saturated heterocycles. The van der Waals surface area contributed by atoms with E-state index in [1.165, 1.54) is 0 Å². The van der Waals surface area contributed by atoms with E-state index in [-0.39, 0.29) is 30.0 Å². The van der Waals surface area contributed by atoms with Gasteiger partial charge < -0.3 is 9.32 Å². The molecule has 3 aromatic rings. The fraction of sp³-hybridized carbons (Fsp3) is 0.261. The zero-order valence-electron chi connectivity index (χ0n) is 16.5. The Morgan fingerprint density at radius 3 is 2.63 bits per heavy atom. The second-order valence-electron chi connectivity index (χ2n) is 7.58. The van der Waals surface area contributed by atoms with Crippen LogP contribution in [0.1, 0.15) is 28.1 Å². The summed E-state index contributed by atoms with van der Waals surface area (Å²) in [7, 11) is -3.14. The first-order valence-electron chi connectivity index (χ1n) is 9.74. The fourth-order valence-electron chi connectivity index (χ4n) is 3.78. The third-order valence-corrected chi connectivity index (χ3v) is 7.37. The molecule has 30 heavy (non-hydrogen) atoms. The van der Waals surface area contributed by atoms with Crippen LogP contribution < -0.4 is 0 Å². The van der Waals surface area contributed by atoms with Crippen molar-refractivity contribution in [1.82, 2.24) is 4.90 Å². The van der Waals surface area contributed by atoms with E-state index in [9.17, 15) is 13.2 Å². The molecule has 4 rings (SSSR count). The van der Waals surface area contributed by atoms with Gasteiger partial charge in [0.1, 0.15) is 11.5 Å². The van der Waals surface area contributed by atoms with Crippen molar-refractivity contribution in [3.63, 3.8) is 0 Å². The third kappa shape index (κ3) is 4.45. The van der Waals surface area contributed by atoms with Crippen molar-refractivity contribution in [2.75, 3.05) is 11.5 Å². The Balaban J connectivity index is 1.64. The molecule has 5 nitrogen and oxygen atoms in total. The van der Waals surface area contributed by atoms with Gasteiger partial charge in [-0.05, 0) is 49.2 Å². The standard InChI is InChI=1S/C23H22ClNO4S/c1-16-5-2-3-8-21(16)23(26)25(19-11-12-30(27,28)15-19)14-20-9-10-22(29-20)17-6-4-7-18(24)13-17/h2-10,13,19H,11-12,14-15H2,1H3/t19-/m1/s1. The predicted molar refractivity (Wildman–Crippen MR) is 117 cm³/mol. The molecule has 0 unspecified atom stereocenters. The van der Waals surface area contributed by atoms with Crippen LogP contribution in [-0.4, -0.2) is 36.8 Å². The van der Waals surface area contributed by atoms with Gasteiger partial charge in [0.05, 0.1) is 18.1 Å². The Labute approximate surface area is 181 Å². The number of carbonyl (C=O) groups excluding carboxylic acids is 1. The van der Waals surface area contributed by atoms with Gasteiger partial charge in [0.2, 0.25) is 0 Å². The van der Waals surface area contributed by atoms with Crippen LogP contribution in [0, 0.1) is 6.92 Å². The summed E-state index contributed by atoms with van der Waals surface area (Å²) in [5.74, 6) is 1.13. The largest absolute Gasteiger partial charge is 0.459 e. The van der Waals surface area contributed by atoms with Crippen LogP contribution in [0.3, 0.4) is 0 Å². The first-order valence-corrected chi connectivity index (χ1v) is 11.9. The molecule has 1 aromatic heterocycles. The fourth-order valence-corrected chi connectivity index (χ4v) is 5.70. The molecule has 1 fully saturated rings. The molecule has 1 aliphatic rings. The Bertz CT molecular complexity index is 1190. The minimum absolute atomic E-state index is 0.0213. The zero-order valence-corrected chi connectivity index (χ0v) is 18.1. The maximum Gasteiger partial charge on any atom is 0.254 e. The SMILES string of the molecule is Cc1ccccc1C(=O)N(Cc1ccc(-c2cccc(Cl)c2)o1)[C@@H]1CCS(=O)(=O)C1. The summed E-state index contributed by atoms with van der Waals surface area (Å²) < 4.78 is 30.1. The molecule has 1 amide bonds. The summed E-state index contributed by atoms with van der Waals surface area (Å²) in [5.41, 5.74) is 2.27. The van der Waals surface area contributed by atoms with Crippen LogP contribution in [0.25, 0.3) is 11.3 Å². The van der Waals surface area contributed by atoms with Gasteiger partial charge in [0.25, 0.3) is 5.91 Å². The van der Waals surface area contributed by atoms with Gasteiger partial charge >= 0.3 is 0 Å². The van der Waals surface area contributed by atoms with E-state index in [4.69, 9.17) is 16.0 Å². The highest BCUT2D eigenvalue weighted by Gasteiger charge is 2.35. The number of sulfone groups is 1. The van der Waals surface area contributed by atoms with E-state index >= 15 is 0 Å². The summed E-state index contributed by atoms with van der Waals surface area (Å²) in [6.07, 6.45) is 0.432. The highest BCUT2D eigenvalue weighted by Crippen LogP contribution is 2.28. The van der Waals surface area contributed by atoms with Crippen LogP contribution in [0.2, 0.25) is 5.02 Å². The van der Waals surface area contributed by atoms with E-state index in [1.54, 1.807) is 17.0 Å². The molecule has 0 bridgehead atoms. The average Bonchev–Trinajstić information content (AvgIpc) is 3.32. The van der Waals surface area contributed by atoms with Crippen molar-refractivity contribution < 1.29 is 17.6 Å². The number of halogens is 1. The van der Waals surface area contributed by atoms with Crippen LogP contribution in [0.5, 0.6) is 0 Å². The van der Waals surface area contributed by atoms with Crippen molar-refractivity contribution in [2.45, 2.75) is 25.9 Å². The lowest BCUT2D eigenvalue weighted by Gasteiger charge is -2.28. The van der Waals surface area contributed by atoms with Crippen LogP contribution in [0.15, 0.2) is 65.1 Å². The van der Waals surface area contributed by atoms with Gasteiger partial charge in [-0.2, -0.15) is 0 Å². The lowest BCUT2D eigenvalue weighted by molar-refractivity contribution is 0.0666.